The Balaban J connectivity index is 1.94. The van der Waals surface area contributed by atoms with Crippen molar-refractivity contribution in [1.29, 1.82) is 0 Å². The molecule has 0 radical (unpaired) electrons. The van der Waals surface area contributed by atoms with Gasteiger partial charge in [0.25, 0.3) is 0 Å². The Bertz CT molecular complexity index is 286. The largest absolute Gasteiger partial charge is 0.345 e. The number of amides is 1. The van der Waals surface area contributed by atoms with Crippen molar-refractivity contribution < 1.29 is 4.79 Å². The minimum absolute atomic E-state index is 0.0565. The van der Waals surface area contributed by atoms with Crippen molar-refractivity contribution in [1.82, 2.24) is 4.90 Å². The highest BCUT2D eigenvalue weighted by molar-refractivity contribution is 5.83. The molecule has 0 saturated heterocycles. The van der Waals surface area contributed by atoms with Crippen molar-refractivity contribution in [2.75, 3.05) is 13.6 Å². The van der Waals surface area contributed by atoms with E-state index in [0.717, 1.165) is 31.7 Å². The van der Waals surface area contributed by atoms with E-state index in [1.54, 1.807) is 0 Å². The van der Waals surface area contributed by atoms with Gasteiger partial charge in [0.15, 0.2) is 0 Å². The van der Waals surface area contributed by atoms with Crippen LogP contribution in [0.2, 0.25) is 0 Å². The first-order valence-corrected chi connectivity index (χ1v) is 7.05. The molecule has 2 N–H and O–H groups in total. The minimum atomic E-state index is -0.298. The Hall–Kier alpha value is -0.570. The van der Waals surface area contributed by atoms with Crippen LogP contribution in [-0.2, 0) is 4.79 Å². The van der Waals surface area contributed by atoms with Crippen LogP contribution in [0.5, 0.6) is 0 Å². The number of hydrogen-bond donors (Lipinski definition) is 1. The molecule has 1 amide bonds. The van der Waals surface area contributed by atoms with Gasteiger partial charge < -0.3 is 10.6 Å². The summed E-state index contributed by atoms with van der Waals surface area (Å²) < 4.78 is 0. The number of rotatable bonds is 3. The van der Waals surface area contributed by atoms with Gasteiger partial charge in [-0.25, -0.2) is 0 Å². The van der Waals surface area contributed by atoms with E-state index >= 15 is 0 Å². The highest BCUT2D eigenvalue weighted by atomic mass is 16.2. The normalized spacial score (nSPS) is 34.2. The van der Waals surface area contributed by atoms with Crippen molar-refractivity contribution in [3.05, 3.63) is 0 Å². The van der Waals surface area contributed by atoms with E-state index in [4.69, 9.17) is 5.73 Å². The molecule has 0 heterocycles. The lowest BCUT2D eigenvalue weighted by molar-refractivity contribution is -0.140. The van der Waals surface area contributed by atoms with Gasteiger partial charge in [-0.1, -0.05) is 19.3 Å². The van der Waals surface area contributed by atoms with E-state index in [2.05, 4.69) is 6.92 Å². The molecule has 0 aromatic rings. The first-order valence-electron chi connectivity index (χ1n) is 7.05. The van der Waals surface area contributed by atoms with Gasteiger partial charge in [0.05, 0.1) is 5.41 Å². The van der Waals surface area contributed by atoms with Gasteiger partial charge >= 0.3 is 0 Å². The summed E-state index contributed by atoms with van der Waals surface area (Å²) >= 11 is 0. The zero-order valence-corrected chi connectivity index (χ0v) is 11.2. The predicted octanol–water partition coefficient (Wildman–Crippen LogP) is 2.15. The van der Waals surface area contributed by atoms with Crippen LogP contribution < -0.4 is 5.73 Å². The second-order valence-corrected chi connectivity index (χ2v) is 6.25. The molecule has 17 heavy (non-hydrogen) atoms. The van der Waals surface area contributed by atoms with Gasteiger partial charge in [-0.05, 0) is 38.5 Å². The van der Waals surface area contributed by atoms with Gasteiger partial charge in [0.1, 0.15) is 0 Å². The molecule has 2 unspecified atom stereocenters. The summed E-state index contributed by atoms with van der Waals surface area (Å²) in [7, 11) is 1.96. The summed E-state index contributed by atoms with van der Waals surface area (Å²) in [6.07, 6.45) is 8.32. The summed E-state index contributed by atoms with van der Waals surface area (Å²) in [5.74, 6) is 1.000. The molecule has 3 nitrogen and oxygen atoms in total. The predicted molar refractivity (Wildman–Crippen MR) is 69.5 cm³/mol. The summed E-state index contributed by atoms with van der Waals surface area (Å²) in [6.45, 7) is 2.99. The van der Waals surface area contributed by atoms with Gasteiger partial charge in [0.2, 0.25) is 5.91 Å². The molecule has 0 spiro atoms. The fourth-order valence-electron chi connectivity index (χ4n) is 3.56. The molecule has 2 fully saturated rings. The molecular weight excluding hydrogens is 212 g/mol. The quantitative estimate of drug-likeness (QED) is 0.819. The second kappa shape index (κ2) is 4.97. The molecule has 0 bridgehead atoms. The summed E-state index contributed by atoms with van der Waals surface area (Å²) in [4.78, 5) is 14.5. The third-order valence-corrected chi connectivity index (χ3v) is 4.87. The number of nitrogens with zero attached hydrogens (tertiary/aromatic N) is 1. The van der Waals surface area contributed by atoms with Crippen LogP contribution in [0.15, 0.2) is 0 Å². The zero-order chi connectivity index (χ0) is 12.5. The lowest BCUT2D eigenvalue weighted by atomic mass is 9.83. The zero-order valence-electron chi connectivity index (χ0n) is 11.2. The van der Waals surface area contributed by atoms with Crippen molar-refractivity contribution in [3.8, 4) is 0 Å². The van der Waals surface area contributed by atoms with E-state index in [1.165, 1.54) is 25.7 Å². The van der Waals surface area contributed by atoms with Crippen molar-refractivity contribution >= 4 is 5.91 Å². The SMILES string of the molecule is CN(CC1CCCC1)C(=O)C1(C)CCCC1N. The average molecular weight is 238 g/mol. The van der Waals surface area contributed by atoms with Gasteiger partial charge in [-0.15, -0.1) is 0 Å². The third-order valence-electron chi connectivity index (χ3n) is 4.87. The summed E-state index contributed by atoms with van der Waals surface area (Å²) in [6, 6.07) is 0.0565. The Kier molecular flexibility index (Phi) is 3.76. The van der Waals surface area contributed by atoms with E-state index in [1.807, 2.05) is 11.9 Å². The maximum atomic E-state index is 12.5. The molecule has 2 aliphatic rings. The topological polar surface area (TPSA) is 46.3 Å². The van der Waals surface area contributed by atoms with E-state index in [0.29, 0.717) is 0 Å². The molecule has 0 aromatic heterocycles. The maximum absolute atomic E-state index is 12.5. The van der Waals surface area contributed by atoms with Crippen LogP contribution in [0.1, 0.15) is 51.9 Å². The van der Waals surface area contributed by atoms with Gasteiger partial charge in [-0.3, -0.25) is 4.79 Å². The van der Waals surface area contributed by atoms with E-state index in [-0.39, 0.29) is 17.4 Å². The van der Waals surface area contributed by atoms with Crippen LogP contribution in [0.25, 0.3) is 0 Å². The second-order valence-electron chi connectivity index (χ2n) is 6.25. The molecule has 3 heteroatoms. The van der Waals surface area contributed by atoms with Gasteiger partial charge in [0, 0.05) is 19.6 Å². The lowest BCUT2D eigenvalue weighted by Crippen LogP contribution is -2.48. The van der Waals surface area contributed by atoms with Crippen LogP contribution in [0.4, 0.5) is 0 Å². The summed E-state index contributed by atoms with van der Waals surface area (Å²) in [5, 5.41) is 0. The lowest BCUT2D eigenvalue weighted by Gasteiger charge is -2.33. The summed E-state index contributed by atoms with van der Waals surface area (Å²) in [5.41, 5.74) is 5.81. The molecular formula is C14H26N2O. The minimum Gasteiger partial charge on any atom is -0.345 e. The molecule has 0 aromatic carbocycles. The third kappa shape index (κ3) is 2.49. The number of hydrogen-bond acceptors (Lipinski definition) is 2. The highest BCUT2D eigenvalue weighted by Crippen LogP contribution is 2.38. The Morgan fingerprint density at radius 3 is 2.47 bits per heavy atom. The van der Waals surface area contributed by atoms with Crippen molar-refractivity contribution in [3.63, 3.8) is 0 Å². The molecule has 2 atom stereocenters. The highest BCUT2D eigenvalue weighted by Gasteiger charge is 2.44. The monoisotopic (exact) mass is 238 g/mol. The van der Waals surface area contributed by atoms with Gasteiger partial charge in [-0.2, -0.15) is 0 Å². The van der Waals surface area contributed by atoms with E-state index < -0.39 is 0 Å². The molecule has 2 saturated carbocycles. The molecule has 98 valence electrons. The maximum Gasteiger partial charge on any atom is 0.229 e. The first kappa shape index (κ1) is 12.9. The standard InChI is InChI=1S/C14H26N2O/c1-14(9-5-8-12(14)15)13(17)16(2)10-11-6-3-4-7-11/h11-12H,3-10,15H2,1-2H3. The molecule has 2 rings (SSSR count). The van der Waals surface area contributed by atoms with Crippen molar-refractivity contribution in [2.45, 2.75) is 57.9 Å². The molecule has 0 aliphatic heterocycles. The molecule has 2 aliphatic carbocycles. The fraction of sp³-hybridized carbons (Fsp3) is 0.929. The Morgan fingerprint density at radius 1 is 1.29 bits per heavy atom. The van der Waals surface area contributed by atoms with Crippen LogP contribution in [0.3, 0.4) is 0 Å². The average Bonchev–Trinajstić information content (AvgIpc) is 2.90. The smallest absolute Gasteiger partial charge is 0.229 e. The number of carbonyl (C=O) groups excluding carboxylic acids is 1. The van der Waals surface area contributed by atoms with Crippen LogP contribution >= 0.6 is 0 Å². The van der Waals surface area contributed by atoms with E-state index in [9.17, 15) is 4.79 Å². The Morgan fingerprint density at radius 2 is 1.94 bits per heavy atom. The Labute approximate surface area is 105 Å². The van der Waals surface area contributed by atoms with Crippen molar-refractivity contribution in [2.24, 2.45) is 17.1 Å². The number of carbonyl (C=O) groups is 1. The van der Waals surface area contributed by atoms with Crippen LogP contribution in [0, 0.1) is 11.3 Å². The fourth-order valence-corrected chi connectivity index (χ4v) is 3.56. The van der Waals surface area contributed by atoms with Crippen LogP contribution in [-0.4, -0.2) is 30.4 Å². The first-order chi connectivity index (χ1) is 8.04. The number of nitrogens with two attached hydrogens (primary N) is 1.